The number of benzene rings is 1. The van der Waals surface area contributed by atoms with Crippen molar-refractivity contribution in [2.45, 2.75) is 57.2 Å². The van der Waals surface area contributed by atoms with Crippen LogP contribution < -0.4 is 15.4 Å². The van der Waals surface area contributed by atoms with Crippen molar-refractivity contribution in [3.05, 3.63) is 24.0 Å². The molecule has 0 unspecified atom stereocenters. The van der Waals surface area contributed by atoms with Crippen molar-refractivity contribution in [2.75, 3.05) is 19.7 Å². The number of nitrogens with one attached hydrogen (secondary N) is 3. The molecule has 3 rings (SSSR count). The number of sulfonamides is 1. The molecule has 3 N–H and O–H groups in total. The SMILES string of the molecule is Cc1nc2cc(S(=O)(=O)NC(C)C)ccc2n1CCNC(=O)NC[C@@H]1CCCO1. The number of carbonyl (C=O) groups is 1. The number of fused-ring (bicyclic) bond motifs is 1. The number of rotatable bonds is 8. The summed E-state index contributed by atoms with van der Waals surface area (Å²) in [7, 11) is -3.57. The van der Waals surface area contributed by atoms with Crippen LogP contribution in [0.4, 0.5) is 4.79 Å². The molecule has 0 spiro atoms. The smallest absolute Gasteiger partial charge is 0.314 e. The van der Waals surface area contributed by atoms with Crippen molar-refractivity contribution >= 4 is 27.1 Å². The van der Waals surface area contributed by atoms with Gasteiger partial charge in [-0.05, 0) is 51.8 Å². The van der Waals surface area contributed by atoms with Gasteiger partial charge in [0.15, 0.2) is 0 Å². The number of aromatic nitrogens is 2. The summed E-state index contributed by atoms with van der Waals surface area (Å²) in [6, 6.07) is 4.49. The molecule has 1 aromatic carbocycles. The van der Waals surface area contributed by atoms with Crippen LogP contribution in [0.5, 0.6) is 0 Å². The zero-order chi connectivity index (χ0) is 21.0. The highest BCUT2D eigenvalue weighted by atomic mass is 32.2. The van der Waals surface area contributed by atoms with E-state index in [4.69, 9.17) is 4.74 Å². The van der Waals surface area contributed by atoms with E-state index in [1.807, 2.05) is 11.5 Å². The first-order chi connectivity index (χ1) is 13.8. The molecule has 9 nitrogen and oxygen atoms in total. The fourth-order valence-corrected chi connectivity index (χ4v) is 4.68. The summed E-state index contributed by atoms with van der Waals surface area (Å²) in [6.07, 6.45) is 2.12. The molecule has 0 aliphatic carbocycles. The third kappa shape index (κ3) is 5.46. The number of nitrogens with zero attached hydrogens (tertiary/aromatic N) is 2. The number of imidazole rings is 1. The number of hydrogen-bond acceptors (Lipinski definition) is 5. The van der Waals surface area contributed by atoms with Crippen LogP contribution in [0.15, 0.2) is 23.1 Å². The molecule has 2 heterocycles. The van der Waals surface area contributed by atoms with Crippen LogP contribution >= 0.6 is 0 Å². The molecule has 2 amide bonds. The molecule has 10 heteroatoms. The van der Waals surface area contributed by atoms with E-state index in [0.717, 1.165) is 30.8 Å². The lowest BCUT2D eigenvalue weighted by molar-refractivity contribution is 0.111. The van der Waals surface area contributed by atoms with E-state index in [1.54, 1.807) is 32.0 Å². The Bertz CT molecular complexity index is 964. The molecule has 1 aliphatic rings. The molecule has 0 saturated carbocycles. The largest absolute Gasteiger partial charge is 0.376 e. The minimum atomic E-state index is -3.57. The van der Waals surface area contributed by atoms with Crippen LogP contribution in [0.2, 0.25) is 0 Å². The molecule has 1 aromatic heterocycles. The van der Waals surface area contributed by atoms with Crippen LogP contribution in [0, 0.1) is 6.92 Å². The third-order valence-corrected chi connectivity index (χ3v) is 6.40. The zero-order valence-corrected chi connectivity index (χ0v) is 17.9. The maximum Gasteiger partial charge on any atom is 0.314 e. The van der Waals surface area contributed by atoms with Gasteiger partial charge in [0.05, 0.1) is 22.0 Å². The molecular weight excluding hydrogens is 394 g/mol. The average molecular weight is 424 g/mol. The molecule has 0 bridgehead atoms. The second-order valence-electron chi connectivity index (χ2n) is 7.51. The van der Waals surface area contributed by atoms with Crippen molar-refractivity contribution in [1.29, 1.82) is 0 Å². The van der Waals surface area contributed by atoms with E-state index in [-0.39, 0.29) is 23.1 Å². The summed E-state index contributed by atoms with van der Waals surface area (Å²) in [6.45, 7) is 7.65. The Morgan fingerprint density at radius 3 is 2.83 bits per heavy atom. The average Bonchev–Trinajstić information content (AvgIpc) is 3.26. The van der Waals surface area contributed by atoms with Crippen molar-refractivity contribution in [2.24, 2.45) is 0 Å². The molecule has 1 atom stereocenters. The lowest BCUT2D eigenvalue weighted by atomic mass is 10.2. The maximum absolute atomic E-state index is 12.4. The van der Waals surface area contributed by atoms with Crippen molar-refractivity contribution in [3.8, 4) is 0 Å². The monoisotopic (exact) mass is 423 g/mol. The van der Waals surface area contributed by atoms with Crippen LogP contribution in [0.1, 0.15) is 32.5 Å². The van der Waals surface area contributed by atoms with Crippen molar-refractivity contribution in [3.63, 3.8) is 0 Å². The maximum atomic E-state index is 12.4. The van der Waals surface area contributed by atoms with Gasteiger partial charge in [0.25, 0.3) is 0 Å². The van der Waals surface area contributed by atoms with Gasteiger partial charge in [0, 0.05) is 32.3 Å². The van der Waals surface area contributed by atoms with Gasteiger partial charge in [0.2, 0.25) is 10.0 Å². The van der Waals surface area contributed by atoms with E-state index in [0.29, 0.717) is 25.2 Å². The van der Waals surface area contributed by atoms with Gasteiger partial charge >= 0.3 is 6.03 Å². The van der Waals surface area contributed by atoms with Crippen molar-refractivity contribution in [1.82, 2.24) is 24.9 Å². The minimum Gasteiger partial charge on any atom is -0.376 e. The Morgan fingerprint density at radius 2 is 2.14 bits per heavy atom. The Labute approximate surface area is 171 Å². The Kier molecular flexibility index (Phi) is 6.76. The summed E-state index contributed by atoms with van der Waals surface area (Å²) >= 11 is 0. The Hall–Kier alpha value is -2.17. The second kappa shape index (κ2) is 9.10. The molecule has 1 fully saturated rings. The first-order valence-electron chi connectivity index (χ1n) is 9.89. The summed E-state index contributed by atoms with van der Waals surface area (Å²) in [5, 5.41) is 5.66. The van der Waals surface area contributed by atoms with Crippen LogP contribution in [-0.4, -0.2) is 55.8 Å². The fourth-order valence-electron chi connectivity index (χ4n) is 3.41. The van der Waals surface area contributed by atoms with Gasteiger partial charge in [-0.3, -0.25) is 0 Å². The Morgan fingerprint density at radius 1 is 1.34 bits per heavy atom. The van der Waals surface area contributed by atoms with E-state index < -0.39 is 10.0 Å². The van der Waals surface area contributed by atoms with E-state index >= 15 is 0 Å². The van der Waals surface area contributed by atoms with E-state index in [9.17, 15) is 13.2 Å². The number of carbonyl (C=O) groups excluding carboxylic acids is 1. The van der Waals surface area contributed by atoms with Gasteiger partial charge in [-0.1, -0.05) is 0 Å². The highest BCUT2D eigenvalue weighted by molar-refractivity contribution is 7.89. The predicted octanol–water partition coefficient (Wildman–Crippen LogP) is 1.51. The third-order valence-electron chi connectivity index (χ3n) is 4.75. The fraction of sp³-hybridized carbons (Fsp3) is 0.579. The van der Waals surface area contributed by atoms with Gasteiger partial charge in [0.1, 0.15) is 5.82 Å². The van der Waals surface area contributed by atoms with Crippen molar-refractivity contribution < 1.29 is 17.9 Å². The zero-order valence-electron chi connectivity index (χ0n) is 17.1. The normalized spacial score (nSPS) is 17.2. The van der Waals surface area contributed by atoms with E-state index in [2.05, 4.69) is 20.3 Å². The molecular formula is C19H29N5O4S. The molecule has 160 valence electrons. The minimum absolute atomic E-state index is 0.108. The van der Waals surface area contributed by atoms with Gasteiger partial charge in [-0.25, -0.2) is 22.9 Å². The lowest BCUT2D eigenvalue weighted by Crippen LogP contribution is -2.40. The molecule has 29 heavy (non-hydrogen) atoms. The highest BCUT2D eigenvalue weighted by Crippen LogP contribution is 2.20. The standard InChI is InChI=1S/C19H29N5O4S/c1-13(2)23-29(26,27)16-6-7-18-17(11-16)22-14(3)24(18)9-8-20-19(25)21-12-15-5-4-10-28-15/h6-7,11,13,15,23H,4-5,8-10,12H2,1-3H3,(H2,20,21,25)/t15-/m0/s1. The number of urea groups is 1. The van der Waals surface area contributed by atoms with E-state index in [1.165, 1.54) is 0 Å². The van der Waals surface area contributed by atoms with Crippen LogP contribution in [-0.2, 0) is 21.3 Å². The van der Waals surface area contributed by atoms with Gasteiger partial charge < -0.3 is 19.9 Å². The second-order valence-corrected chi connectivity index (χ2v) is 9.22. The number of amides is 2. The van der Waals surface area contributed by atoms with Gasteiger partial charge in [-0.15, -0.1) is 0 Å². The summed E-state index contributed by atoms with van der Waals surface area (Å²) < 4.78 is 34.8. The van der Waals surface area contributed by atoms with Gasteiger partial charge in [-0.2, -0.15) is 0 Å². The first kappa shape index (κ1) is 21.5. The summed E-state index contributed by atoms with van der Waals surface area (Å²) in [5.41, 5.74) is 1.43. The number of hydrogen-bond donors (Lipinski definition) is 3. The summed E-state index contributed by atoms with van der Waals surface area (Å²) in [5.74, 6) is 0.757. The number of ether oxygens (including phenoxy) is 1. The molecule has 1 saturated heterocycles. The molecule has 0 radical (unpaired) electrons. The number of aryl methyl sites for hydroxylation is 1. The predicted molar refractivity (Wildman–Crippen MR) is 110 cm³/mol. The lowest BCUT2D eigenvalue weighted by Gasteiger charge is -2.13. The highest BCUT2D eigenvalue weighted by Gasteiger charge is 2.18. The van der Waals surface area contributed by atoms with Crippen LogP contribution in [0.3, 0.4) is 0 Å². The first-order valence-corrected chi connectivity index (χ1v) is 11.4. The topological polar surface area (TPSA) is 114 Å². The summed E-state index contributed by atoms with van der Waals surface area (Å²) in [4.78, 5) is 16.6. The Balaban J connectivity index is 1.61. The van der Waals surface area contributed by atoms with Crippen LogP contribution in [0.25, 0.3) is 11.0 Å². The molecule has 1 aliphatic heterocycles. The quantitative estimate of drug-likeness (QED) is 0.595. The molecule has 2 aromatic rings.